The molecule has 3 rings (SSSR count). The summed E-state index contributed by atoms with van der Waals surface area (Å²) in [7, 11) is 4.09. The predicted molar refractivity (Wildman–Crippen MR) is 117 cm³/mol. The number of hydrogen-bond donors (Lipinski definition) is 1. The number of anilines is 1. The minimum absolute atomic E-state index is 0. The highest BCUT2D eigenvalue weighted by Crippen LogP contribution is 2.27. The molecule has 2 aliphatic rings. The van der Waals surface area contributed by atoms with Crippen LogP contribution in [-0.4, -0.2) is 75.7 Å². The number of hydrogen-bond acceptors (Lipinski definition) is 3. The summed E-state index contributed by atoms with van der Waals surface area (Å²) in [6.45, 7) is 8.10. The lowest BCUT2D eigenvalue weighted by Crippen LogP contribution is -2.45. The van der Waals surface area contributed by atoms with Crippen LogP contribution in [0.3, 0.4) is 0 Å². The average Bonchev–Trinajstić information content (AvgIpc) is 3.04. The summed E-state index contributed by atoms with van der Waals surface area (Å²) in [4.78, 5) is 11.8. The Balaban J connectivity index is 0.00000225. The van der Waals surface area contributed by atoms with Crippen LogP contribution in [0, 0.1) is 0 Å². The molecule has 0 spiro atoms. The van der Waals surface area contributed by atoms with E-state index in [9.17, 15) is 0 Å². The molecule has 1 fully saturated rings. The second kappa shape index (κ2) is 10.3. The fraction of sp³-hybridized carbons (Fsp3) is 0.632. The summed E-state index contributed by atoms with van der Waals surface area (Å²) >= 11 is 0. The second-order valence-corrected chi connectivity index (χ2v) is 6.86. The third-order valence-electron chi connectivity index (χ3n) is 5.13. The van der Waals surface area contributed by atoms with Gasteiger partial charge in [-0.3, -0.25) is 4.99 Å². The van der Waals surface area contributed by atoms with Crippen molar-refractivity contribution in [3.63, 3.8) is 0 Å². The lowest BCUT2D eigenvalue weighted by molar-refractivity contribution is 0.152. The number of guanidine groups is 1. The Kier molecular flexibility index (Phi) is 8.45. The van der Waals surface area contributed by atoms with Crippen LogP contribution >= 0.6 is 24.0 Å². The molecule has 6 heteroatoms. The molecule has 0 atom stereocenters. The molecule has 0 bridgehead atoms. The van der Waals surface area contributed by atoms with Crippen LogP contribution in [-0.2, 0) is 6.42 Å². The first-order valence-electron chi connectivity index (χ1n) is 9.25. The van der Waals surface area contributed by atoms with E-state index < -0.39 is 0 Å². The van der Waals surface area contributed by atoms with Gasteiger partial charge in [0.05, 0.1) is 0 Å². The van der Waals surface area contributed by atoms with Crippen LogP contribution in [0.15, 0.2) is 29.3 Å². The molecule has 140 valence electrons. The number of nitrogens with one attached hydrogen (secondary N) is 1. The van der Waals surface area contributed by atoms with E-state index in [1.54, 1.807) is 0 Å². The van der Waals surface area contributed by atoms with Gasteiger partial charge in [0.25, 0.3) is 0 Å². The molecule has 0 saturated carbocycles. The average molecular weight is 457 g/mol. The zero-order chi connectivity index (χ0) is 16.8. The van der Waals surface area contributed by atoms with Crippen molar-refractivity contribution in [3.05, 3.63) is 29.8 Å². The fourth-order valence-electron chi connectivity index (χ4n) is 3.59. The lowest BCUT2D eigenvalue weighted by atomic mass is 10.2. The van der Waals surface area contributed by atoms with E-state index in [0.29, 0.717) is 0 Å². The molecule has 0 aliphatic carbocycles. The minimum Gasteiger partial charge on any atom is -0.356 e. The van der Waals surface area contributed by atoms with Gasteiger partial charge in [0.2, 0.25) is 0 Å². The molecule has 25 heavy (non-hydrogen) atoms. The van der Waals surface area contributed by atoms with Gasteiger partial charge in [-0.2, -0.15) is 0 Å². The number of fused-ring (bicyclic) bond motifs is 1. The number of benzene rings is 1. The fourth-order valence-corrected chi connectivity index (χ4v) is 3.59. The van der Waals surface area contributed by atoms with Crippen molar-refractivity contribution >= 4 is 35.6 Å². The van der Waals surface area contributed by atoms with E-state index in [2.05, 4.69) is 56.3 Å². The topological polar surface area (TPSA) is 34.1 Å². The number of piperazine rings is 1. The van der Waals surface area contributed by atoms with E-state index in [1.807, 2.05) is 7.05 Å². The van der Waals surface area contributed by atoms with E-state index in [0.717, 1.165) is 25.5 Å². The summed E-state index contributed by atoms with van der Waals surface area (Å²) < 4.78 is 0. The zero-order valence-corrected chi connectivity index (χ0v) is 17.9. The van der Waals surface area contributed by atoms with Gasteiger partial charge < -0.3 is 20.0 Å². The Bertz CT molecular complexity index is 555. The number of rotatable bonds is 5. The minimum atomic E-state index is 0. The van der Waals surface area contributed by atoms with Crippen molar-refractivity contribution < 1.29 is 0 Å². The molecule has 0 unspecified atom stereocenters. The van der Waals surface area contributed by atoms with Gasteiger partial charge in [-0.25, -0.2) is 0 Å². The first kappa shape index (κ1) is 20.5. The Morgan fingerprint density at radius 1 is 1.08 bits per heavy atom. The summed E-state index contributed by atoms with van der Waals surface area (Å²) in [6.07, 6.45) is 3.56. The summed E-state index contributed by atoms with van der Waals surface area (Å²) in [5, 5.41) is 3.55. The SMILES string of the molecule is CN=C(NCCCCN1CCN(C)CC1)N1CCc2ccccc21.I. The Hall–Kier alpha value is -0.860. The zero-order valence-electron chi connectivity index (χ0n) is 15.6. The monoisotopic (exact) mass is 457 g/mol. The van der Waals surface area contributed by atoms with Gasteiger partial charge in [-0.1, -0.05) is 18.2 Å². The number of aliphatic imine (C=N–C) groups is 1. The van der Waals surface area contributed by atoms with Crippen molar-refractivity contribution in [1.29, 1.82) is 0 Å². The van der Waals surface area contributed by atoms with Crippen LogP contribution in [0.25, 0.3) is 0 Å². The van der Waals surface area contributed by atoms with Crippen LogP contribution in [0.1, 0.15) is 18.4 Å². The third-order valence-corrected chi connectivity index (χ3v) is 5.13. The maximum atomic E-state index is 4.48. The van der Waals surface area contributed by atoms with Crippen LogP contribution in [0.5, 0.6) is 0 Å². The number of nitrogens with zero attached hydrogens (tertiary/aromatic N) is 4. The molecule has 5 nitrogen and oxygen atoms in total. The first-order valence-corrected chi connectivity index (χ1v) is 9.25. The number of halogens is 1. The van der Waals surface area contributed by atoms with Gasteiger partial charge in [-0.05, 0) is 44.5 Å². The third kappa shape index (κ3) is 5.56. The maximum absolute atomic E-state index is 4.48. The van der Waals surface area contributed by atoms with Crippen LogP contribution < -0.4 is 10.2 Å². The summed E-state index contributed by atoms with van der Waals surface area (Å²) in [5.41, 5.74) is 2.73. The first-order chi connectivity index (χ1) is 11.8. The van der Waals surface area contributed by atoms with E-state index in [4.69, 9.17) is 0 Å². The molecule has 2 aliphatic heterocycles. The molecule has 1 saturated heterocycles. The highest BCUT2D eigenvalue weighted by atomic mass is 127. The van der Waals surface area contributed by atoms with Crippen molar-refractivity contribution in [1.82, 2.24) is 15.1 Å². The summed E-state index contributed by atoms with van der Waals surface area (Å²) in [6, 6.07) is 8.65. The number of unbranched alkanes of at least 4 members (excludes halogenated alkanes) is 1. The van der Waals surface area contributed by atoms with E-state index >= 15 is 0 Å². The van der Waals surface area contributed by atoms with Crippen molar-refractivity contribution in [2.75, 3.05) is 64.8 Å². The highest BCUT2D eigenvalue weighted by Gasteiger charge is 2.22. The number of likely N-dealkylation sites (N-methyl/N-ethyl adjacent to an activating group) is 1. The summed E-state index contributed by atoms with van der Waals surface area (Å²) in [5.74, 6) is 1.01. The molecule has 0 aromatic heterocycles. The van der Waals surface area contributed by atoms with Gasteiger partial charge >= 0.3 is 0 Å². The molecule has 1 aromatic rings. The van der Waals surface area contributed by atoms with Gasteiger partial charge in [0, 0.05) is 52.0 Å². The lowest BCUT2D eigenvalue weighted by Gasteiger charge is -2.32. The Morgan fingerprint density at radius 2 is 1.84 bits per heavy atom. The van der Waals surface area contributed by atoms with Crippen molar-refractivity contribution in [2.24, 2.45) is 4.99 Å². The quantitative estimate of drug-likeness (QED) is 0.319. The molecule has 1 aromatic carbocycles. The smallest absolute Gasteiger partial charge is 0.198 e. The molecule has 0 radical (unpaired) electrons. The molecule has 1 N–H and O–H groups in total. The van der Waals surface area contributed by atoms with Crippen molar-refractivity contribution in [2.45, 2.75) is 19.3 Å². The molecule has 2 heterocycles. The predicted octanol–water partition coefficient (Wildman–Crippen LogP) is 2.27. The largest absolute Gasteiger partial charge is 0.356 e. The van der Waals surface area contributed by atoms with Crippen LogP contribution in [0.4, 0.5) is 5.69 Å². The van der Waals surface area contributed by atoms with E-state index in [1.165, 1.54) is 56.8 Å². The van der Waals surface area contributed by atoms with Gasteiger partial charge in [0.15, 0.2) is 5.96 Å². The van der Waals surface area contributed by atoms with Crippen LogP contribution in [0.2, 0.25) is 0 Å². The second-order valence-electron chi connectivity index (χ2n) is 6.86. The standard InChI is InChI=1S/C19H31N5.HI/c1-20-19(24-12-9-17-7-3-4-8-18(17)24)21-10-5-6-11-23-15-13-22(2)14-16-23;/h3-4,7-8H,5-6,9-16H2,1-2H3,(H,20,21);1H. The maximum Gasteiger partial charge on any atom is 0.198 e. The Morgan fingerprint density at radius 3 is 2.60 bits per heavy atom. The molecular formula is C19H32IN5. The normalized spacial score (nSPS) is 18.8. The highest BCUT2D eigenvalue weighted by molar-refractivity contribution is 14.0. The van der Waals surface area contributed by atoms with Gasteiger partial charge in [-0.15, -0.1) is 24.0 Å². The van der Waals surface area contributed by atoms with E-state index in [-0.39, 0.29) is 24.0 Å². The number of para-hydroxylation sites is 1. The Labute approximate surface area is 169 Å². The molecular weight excluding hydrogens is 425 g/mol. The van der Waals surface area contributed by atoms with Crippen molar-refractivity contribution in [3.8, 4) is 0 Å². The molecule has 0 amide bonds. The van der Waals surface area contributed by atoms with Gasteiger partial charge in [0.1, 0.15) is 0 Å².